The fourth-order valence-electron chi connectivity index (χ4n) is 2.11. The normalized spacial score (nSPS) is 16.4. The summed E-state index contributed by atoms with van der Waals surface area (Å²) in [6.45, 7) is 2.00. The van der Waals surface area contributed by atoms with Gasteiger partial charge >= 0.3 is 5.97 Å². The first-order chi connectivity index (χ1) is 11.1. The topological polar surface area (TPSA) is 38.7 Å². The van der Waals surface area contributed by atoms with E-state index in [0.717, 1.165) is 21.2 Å². The van der Waals surface area contributed by atoms with Crippen LogP contribution >= 0.6 is 15.9 Å². The number of halogens is 1. The quantitative estimate of drug-likeness (QED) is 0.586. The molecule has 0 saturated heterocycles. The summed E-state index contributed by atoms with van der Waals surface area (Å²) in [5, 5.41) is 0. The number of esters is 1. The van der Waals surface area contributed by atoms with Crippen LogP contribution < -0.4 is 0 Å². The molecule has 0 aromatic heterocycles. The number of ether oxygens (including phenoxy) is 1. The monoisotopic (exact) mass is 367 g/mol. The summed E-state index contributed by atoms with van der Waals surface area (Å²) in [6.07, 6.45) is 3.58. The van der Waals surface area contributed by atoms with Crippen LogP contribution in [0, 0.1) is 6.92 Å². The van der Waals surface area contributed by atoms with Gasteiger partial charge in [0.15, 0.2) is 5.70 Å². The Balaban J connectivity index is 1.86. The molecule has 0 atom stereocenters. The molecule has 1 aliphatic rings. The Morgan fingerprint density at radius 1 is 1.09 bits per heavy atom. The zero-order chi connectivity index (χ0) is 16.2. The van der Waals surface area contributed by atoms with Gasteiger partial charge in [-0.1, -0.05) is 64.0 Å². The minimum atomic E-state index is -0.445. The lowest BCUT2D eigenvalue weighted by molar-refractivity contribution is -0.130. The van der Waals surface area contributed by atoms with Gasteiger partial charge in [-0.15, -0.1) is 0 Å². The van der Waals surface area contributed by atoms with Gasteiger partial charge in [-0.05, 0) is 36.8 Å². The first-order valence-corrected chi connectivity index (χ1v) is 7.93. The Morgan fingerprint density at radius 3 is 2.48 bits per heavy atom. The molecule has 0 bridgehead atoms. The predicted molar refractivity (Wildman–Crippen MR) is 95.2 cm³/mol. The van der Waals surface area contributed by atoms with E-state index in [1.54, 1.807) is 6.08 Å². The van der Waals surface area contributed by atoms with Crippen molar-refractivity contribution in [1.82, 2.24) is 0 Å². The van der Waals surface area contributed by atoms with E-state index < -0.39 is 5.97 Å². The smallest absolute Gasteiger partial charge is 0.363 e. The maximum atomic E-state index is 12.0. The number of allylic oxidation sites excluding steroid dienone is 2. The summed E-state index contributed by atoms with van der Waals surface area (Å²) in [6, 6.07) is 17.5. The molecular formula is C19H14BrNO2. The van der Waals surface area contributed by atoms with E-state index >= 15 is 0 Å². The maximum Gasteiger partial charge on any atom is 0.363 e. The molecule has 1 aliphatic heterocycles. The minimum absolute atomic E-state index is 0.277. The van der Waals surface area contributed by atoms with Crippen LogP contribution in [0.4, 0.5) is 0 Å². The van der Waals surface area contributed by atoms with Gasteiger partial charge in [-0.25, -0.2) is 9.79 Å². The van der Waals surface area contributed by atoms with Gasteiger partial charge in [-0.3, -0.25) is 0 Å². The molecule has 23 heavy (non-hydrogen) atoms. The van der Waals surface area contributed by atoms with Crippen molar-refractivity contribution in [2.75, 3.05) is 0 Å². The average molecular weight is 368 g/mol. The van der Waals surface area contributed by atoms with Gasteiger partial charge in [0.25, 0.3) is 0 Å². The van der Waals surface area contributed by atoms with E-state index in [2.05, 4.69) is 20.9 Å². The molecule has 0 amide bonds. The summed E-state index contributed by atoms with van der Waals surface area (Å²) >= 11 is 3.45. The average Bonchev–Trinajstić information content (AvgIpc) is 2.90. The van der Waals surface area contributed by atoms with Gasteiger partial charge in [0, 0.05) is 10.0 Å². The molecule has 0 fully saturated rings. The standard InChI is InChI=1S/C19H14BrNO2/c1-13-7-9-15(10-8-13)18-21-17(19(22)23-18)12-16(20)11-14-5-3-2-4-6-14/h2-12H,1H3/b16-11-,17-12?. The fraction of sp³-hybridized carbons (Fsp3) is 0.0526. The zero-order valence-corrected chi connectivity index (χ0v) is 14.1. The molecule has 0 spiro atoms. The van der Waals surface area contributed by atoms with E-state index in [0.29, 0.717) is 5.90 Å². The number of carbonyl (C=O) groups excluding carboxylic acids is 1. The molecule has 2 aromatic carbocycles. The minimum Gasteiger partial charge on any atom is -0.402 e. The van der Waals surface area contributed by atoms with E-state index in [9.17, 15) is 4.79 Å². The molecule has 4 heteroatoms. The zero-order valence-electron chi connectivity index (χ0n) is 12.5. The Morgan fingerprint density at radius 2 is 1.78 bits per heavy atom. The third kappa shape index (κ3) is 3.85. The van der Waals surface area contributed by atoms with Gasteiger partial charge < -0.3 is 4.74 Å². The molecular weight excluding hydrogens is 354 g/mol. The maximum absolute atomic E-state index is 12.0. The summed E-state index contributed by atoms with van der Waals surface area (Å²) < 4.78 is 6.00. The molecule has 0 radical (unpaired) electrons. The van der Waals surface area contributed by atoms with Gasteiger partial charge in [0.05, 0.1) is 0 Å². The highest BCUT2D eigenvalue weighted by molar-refractivity contribution is 9.12. The van der Waals surface area contributed by atoms with E-state index in [1.165, 1.54) is 0 Å². The van der Waals surface area contributed by atoms with Crippen molar-refractivity contribution < 1.29 is 9.53 Å². The largest absolute Gasteiger partial charge is 0.402 e. The van der Waals surface area contributed by atoms with Crippen molar-refractivity contribution in [3.05, 3.63) is 87.5 Å². The van der Waals surface area contributed by atoms with Crippen LogP contribution in [0.25, 0.3) is 6.08 Å². The molecule has 0 unspecified atom stereocenters. The number of rotatable bonds is 3. The van der Waals surface area contributed by atoms with Gasteiger partial charge in [0.1, 0.15) is 0 Å². The predicted octanol–water partition coefficient (Wildman–Crippen LogP) is 4.62. The van der Waals surface area contributed by atoms with E-state index in [4.69, 9.17) is 4.74 Å². The molecule has 2 aromatic rings. The van der Waals surface area contributed by atoms with Crippen LogP contribution in [0.15, 0.2) is 75.8 Å². The lowest BCUT2D eigenvalue weighted by Gasteiger charge is -1.99. The van der Waals surface area contributed by atoms with Crippen molar-refractivity contribution in [1.29, 1.82) is 0 Å². The van der Waals surface area contributed by atoms with Crippen LogP contribution in [0.1, 0.15) is 16.7 Å². The first-order valence-electron chi connectivity index (χ1n) is 7.14. The number of hydrogen-bond acceptors (Lipinski definition) is 3. The summed E-state index contributed by atoms with van der Waals surface area (Å²) in [4.78, 5) is 16.2. The second kappa shape index (κ2) is 6.75. The molecule has 0 aliphatic carbocycles. The highest BCUT2D eigenvalue weighted by Gasteiger charge is 2.24. The first kappa shape index (κ1) is 15.4. The number of aliphatic imine (C=N–C) groups is 1. The molecule has 3 rings (SSSR count). The van der Waals surface area contributed by atoms with E-state index in [1.807, 2.05) is 67.6 Å². The Hall–Kier alpha value is -2.46. The molecule has 3 nitrogen and oxygen atoms in total. The number of benzene rings is 2. The fourth-order valence-corrected chi connectivity index (χ4v) is 2.59. The SMILES string of the molecule is Cc1ccc(C2=NC(=C/C(Br)=C/c3ccccc3)C(=O)O2)cc1. The second-order valence-electron chi connectivity index (χ2n) is 5.14. The number of carbonyl (C=O) groups is 1. The van der Waals surface area contributed by atoms with Crippen molar-refractivity contribution in [3.63, 3.8) is 0 Å². The van der Waals surface area contributed by atoms with Crippen LogP contribution in [-0.2, 0) is 9.53 Å². The number of nitrogens with zero attached hydrogens (tertiary/aromatic N) is 1. The van der Waals surface area contributed by atoms with Gasteiger partial charge in [0.2, 0.25) is 5.90 Å². The Kier molecular flexibility index (Phi) is 4.53. The number of aryl methyl sites for hydroxylation is 1. The van der Waals surface area contributed by atoms with Crippen molar-refractivity contribution in [3.8, 4) is 0 Å². The van der Waals surface area contributed by atoms with E-state index in [-0.39, 0.29) is 5.70 Å². The molecule has 114 valence electrons. The van der Waals surface area contributed by atoms with Gasteiger partial charge in [-0.2, -0.15) is 0 Å². The third-order valence-electron chi connectivity index (χ3n) is 3.30. The highest BCUT2D eigenvalue weighted by Crippen LogP contribution is 2.21. The summed E-state index contributed by atoms with van der Waals surface area (Å²) in [5.41, 5.74) is 3.24. The van der Waals surface area contributed by atoms with Crippen LogP contribution in [0.3, 0.4) is 0 Å². The Bertz CT molecular complexity index is 818. The summed E-state index contributed by atoms with van der Waals surface area (Å²) in [5.74, 6) is -0.111. The highest BCUT2D eigenvalue weighted by atomic mass is 79.9. The Labute approximate surface area is 143 Å². The lowest BCUT2D eigenvalue weighted by atomic mass is 10.1. The molecule has 1 heterocycles. The van der Waals surface area contributed by atoms with Crippen molar-refractivity contribution >= 4 is 33.9 Å². The summed E-state index contributed by atoms with van der Waals surface area (Å²) in [7, 11) is 0. The lowest BCUT2D eigenvalue weighted by Crippen LogP contribution is -2.05. The second-order valence-corrected chi connectivity index (χ2v) is 6.06. The molecule has 0 saturated carbocycles. The van der Waals surface area contributed by atoms with Crippen molar-refractivity contribution in [2.24, 2.45) is 4.99 Å². The van der Waals surface area contributed by atoms with Crippen LogP contribution in [0.2, 0.25) is 0 Å². The van der Waals surface area contributed by atoms with Crippen LogP contribution in [0.5, 0.6) is 0 Å². The van der Waals surface area contributed by atoms with Crippen molar-refractivity contribution in [2.45, 2.75) is 6.92 Å². The molecule has 0 N–H and O–H groups in total. The third-order valence-corrected chi connectivity index (χ3v) is 3.76. The van der Waals surface area contributed by atoms with Crippen LogP contribution in [-0.4, -0.2) is 11.9 Å². The number of cyclic esters (lactones) is 1. The number of hydrogen-bond donors (Lipinski definition) is 0.